The summed E-state index contributed by atoms with van der Waals surface area (Å²) in [5.41, 5.74) is -0.0746. The zero-order chi connectivity index (χ0) is 39.5. The summed E-state index contributed by atoms with van der Waals surface area (Å²) in [7, 11) is 1.66. The van der Waals surface area contributed by atoms with Crippen LogP contribution in [-0.2, 0) is 19.1 Å². The lowest BCUT2D eigenvalue weighted by molar-refractivity contribution is -0.150. The zero-order valence-corrected chi connectivity index (χ0v) is 35.5. The highest BCUT2D eigenvalue weighted by molar-refractivity contribution is 5.73. The van der Waals surface area contributed by atoms with Crippen molar-refractivity contribution in [3.8, 4) is 0 Å². The summed E-state index contributed by atoms with van der Waals surface area (Å²) in [4.78, 5) is 51.0. The van der Waals surface area contributed by atoms with E-state index in [1.54, 1.807) is 7.05 Å². The fraction of sp³-hybridized carbons (Fsp3) is 0.867. The molecule has 0 amide bonds. The number of anilines is 2. The maximum Gasteiger partial charge on any atom is 0.306 e. The monoisotopic (exact) mass is 762 g/mol. The molecule has 1 aromatic rings. The van der Waals surface area contributed by atoms with Gasteiger partial charge in [-0.25, -0.2) is 0 Å². The third-order valence-electron chi connectivity index (χ3n) is 10.6. The Morgan fingerprint density at radius 2 is 0.981 bits per heavy atom. The van der Waals surface area contributed by atoms with E-state index in [2.05, 4.69) is 36.3 Å². The number of nitrogens with one attached hydrogen (secondary N) is 2. The molecule has 0 radical (unpaired) electrons. The fourth-order valence-electron chi connectivity index (χ4n) is 7.15. The van der Waals surface area contributed by atoms with Gasteiger partial charge < -0.3 is 25.0 Å². The Labute approximate surface area is 330 Å². The summed E-state index contributed by atoms with van der Waals surface area (Å²) in [6.07, 6.45) is 31.7. The Morgan fingerprint density at radius 3 is 1.57 bits per heavy atom. The fourth-order valence-corrected chi connectivity index (χ4v) is 7.15. The van der Waals surface area contributed by atoms with Crippen molar-refractivity contribution < 1.29 is 19.1 Å². The lowest BCUT2D eigenvalue weighted by Crippen LogP contribution is -2.37. The highest BCUT2D eigenvalue weighted by Gasteiger charge is 2.19. The van der Waals surface area contributed by atoms with Crippen molar-refractivity contribution in [3.63, 3.8) is 0 Å². The average Bonchev–Trinajstić information content (AvgIpc) is 3.17. The van der Waals surface area contributed by atoms with Crippen LogP contribution < -0.4 is 21.5 Å². The smallest absolute Gasteiger partial charge is 0.306 e. The summed E-state index contributed by atoms with van der Waals surface area (Å²) in [5.74, 6) is -0.0862. The first-order chi connectivity index (χ1) is 26.4. The molecule has 0 aromatic heterocycles. The lowest BCUT2D eigenvalue weighted by Gasteiger charge is -2.23. The standard InChI is InChI=1S/C45H83N3O6/c1-5-8-11-13-17-21-30-39(31-22-18-14-12-9-6-2)54-41(50)33-24-27-36-48(37-28-25-34-47-43-42(46-4)44(51)45(43)52)35-26-20-16-15-19-23-32-40(49)53-38-29-10-7-3/h39,46-47H,5-38H2,1-4H3. The molecule has 2 N–H and O–H groups in total. The van der Waals surface area contributed by atoms with Crippen molar-refractivity contribution in [1.29, 1.82) is 0 Å². The van der Waals surface area contributed by atoms with Crippen LogP contribution in [0.3, 0.4) is 0 Å². The highest BCUT2D eigenvalue weighted by Crippen LogP contribution is 2.19. The van der Waals surface area contributed by atoms with Crippen LogP contribution in [0.15, 0.2) is 9.59 Å². The molecule has 0 saturated carbocycles. The Kier molecular flexibility index (Phi) is 32.2. The normalized spacial score (nSPS) is 11.5. The first kappa shape index (κ1) is 49.6. The Hall–Kier alpha value is -2.42. The molecule has 0 atom stereocenters. The molecule has 0 spiro atoms. The van der Waals surface area contributed by atoms with E-state index in [1.807, 2.05) is 0 Å². The van der Waals surface area contributed by atoms with Gasteiger partial charge >= 0.3 is 11.9 Å². The van der Waals surface area contributed by atoms with Gasteiger partial charge in [-0.3, -0.25) is 19.2 Å². The first-order valence-electron chi connectivity index (χ1n) is 22.7. The van der Waals surface area contributed by atoms with Crippen molar-refractivity contribution in [3.05, 3.63) is 20.4 Å². The molecule has 1 rings (SSSR count). The van der Waals surface area contributed by atoms with Crippen molar-refractivity contribution >= 4 is 23.3 Å². The molecule has 0 aliphatic carbocycles. The predicted octanol–water partition coefficient (Wildman–Crippen LogP) is 10.9. The number of rotatable bonds is 40. The van der Waals surface area contributed by atoms with Gasteiger partial charge in [0, 0.05) is 26.4 Å². The zero-order valence-electron chi connectivity index (χ0n) is 35.5. The lowest BCUT2D eigenvalue weighted by atomic mass is 10.0. The second kappa shape index (κ2) is 35.0. The molecule has 0 fully saturated rings. The van der Waals surface area contributed by atoms with E-state index >= 15 is 0 Å². The number of carbonyl (C=O) groups is 2. The highest BCUT2D eigenvalue weighted by atomic mass is 16.5. The quantitative estimate of drug-likeness (QED) is 0.0383. The largest absolute Gasteiger partial charge is 0.466 e. The van der Waals surface area contributed by atoms with Gasteiger partial charge in [0.1, 0.15) is 17.5 Å². The van der Waals surface area contributed by atoms with Crippen LogP contribution in [0.1, 0.15) is 207 Å². The van der Waals surface area contributed by atoms with Crippen LogP contribution in [0.4, 0.5) is 11.4 Å². The van der Waals surface area contributed by atoms with Crippen LogP contribution >= 0.6 is 0 Å². The molecule has 314 valence electrons. The van der Waals surface area contributed by atoms with Crippen molar-refractivity contribution in [1.82, 2.24) is 4.90 Å². The SMILES string of the molecule is CCCCCCCCC(CCCCCCCC)OC(=O)CCCCN(CCCCCCCCC(=O)OCCCCC)CCCCNc1c(NC)c(=O)c1=O. The second-order valence-corrected chi connectivity index (χ2v) is 15.6. The summed E-state index contributed by atoms with van der Waals surface area (Å²) in [6.45, 7) is 10.8. The van der Waals surface area contributed by atoms with Crippen LogP contribution in [0.2, 0.25) is 0 Å². The summed E-state index contributed by atoms with van der Waals surface area (Å²) >= 11 is 0. The molecule has 54 heavy (non-hydrogen) atoms. The minimum Gasteiger partial charge on any atom is -0.466 e. The second-order valence-electron chi connectivity index (χ2n) is 15.6. The topological polar surface area (TPSA) is 114 Å². The number of ether oxygens (including phenoxy) is 2. The van der Waals surface area contributed by atoms with Gasteiger partial charge in [-0.2, -0.15) is 0 Å². The number of esters is 2. The number of carbonyl (C=O) groups excluding carboxylic acids is 2. The third-order valence-corrected chi connectivity index (χ3v) is 10.6. The molecule has 0 aliphatic heterocycles. The Balaban J connectivity index is 2.46. The van der Waals surface area contributed by atoms with E-state index in [9.17, 15) is 19.2 Å². The minimum atomic E-state index is -0.443. The van der Waals surface area contributed by atoms with Crippen molar-refractivity contribution in [2.45, 2.75) is 213 Å². The molecule has 9 heteroatoms. The van der Waals surface area contributed by atoms with Gasteiger partial charge in [-0.15, -0.1) is 0 Å². The Bertz CT molecular complexity index is 1100. The van der Waals surface area contributed by atoms with Gasteiger partial charge in [-0.1, -0.05) is 124 Å². The molecule has 0 aliphatic rings. The molecular formula is C45H83N3O6. The first-order valence-corrected chi connectivity index (χ1v) is 22.7. The van der Waals surface area contributed by atoms with E-state index in [0.29, 0.717) is 37.4 Å². The van der Waals surface area contributed by atoms with E-state index < -0.39 is 10.9 Å². The average molecular weight is 762 g/mol. The number of nitrogens with zero attached hydrogens (tertiary/aromatic N) is 1. The number of hydrogen-bond acceptors (Lipinski definition) is 9. The van der Waals surface area contributed by atoms with Crippen LogP contribution in [0.25, 0.3) is 0 Å². The maximum absolute atomic E-state index is 13.0. The van der Waals surface area contributed by atoms with Gasteiger partial charge in [0.05, 0.1) is 6.61 Å². The minimum absolute atomic E-state index is 0.0291. The van der Waals surface area contributed by atoms with Crippen LogP contribution in [0, 0.1) is 0 Å². The van der Waals surface area contributed by atoms with E-state index in [-0.39, 0.29) is 18.0 Å². The molecule has 0 bridgehead atoms. The molecule has 1 aromatic carbocycles. The van der Waals surface area contributed by atoms with E-state index in [0.717, 1.165) is 116 Å². The summed E-state index contributed by atoms with van der Waals surface area (Å²) in [6, 6.07) is 0. The predicted molar refractivity (Wildman–Crippen MR) is 228 cm³/mol. The van der Waals surface area contributed by atoms with Crippen molar-refractivity contribution in [2.75, 3.05) is 50.5 Å². The summed E-state index contributed by atoms with van der Waals surface area (Å²) < 4.78 is 11.4. The van der Waals surface area contributed by atoms with E-state index in [1.165, 1.54) is 77.0 Å². The van der Waals surface area contributed by atoms with Gasteiger partial charge in [0.15, 0.2) is 0 Å². The molecule has 0 unspecified atom stereocenters. The number of unbranched alkanes of at least 4 members (excludes halogenated alkanes) is 19. The number of hydrogen-bond donors (Lipinski definition) is 2. The van der Waals surface area contributed by atoms with Gasteiger partial charge in [0.2, 0.25) is 0 Å². The molecule has 9 nitrogen and oxygen atoms in total. The molecular weight excluding hydrogens is 679 g/mol. The summed E-state index contributed by atoms with van der Waals surface area (Å²) in [5, 5.41) is 5.97. The van der Waals surface area contributed by atoms with E-state index in [4.69, 9.17) is 9.47 Å². The molecule has 0 saturated heterocycles. The maximum atomic E-state index is 13.0. The van der Waals surface area contributed by atoms with Crippen molar-refractivity contribution in [2.24, 2.45) is 0 Å². The van der Waals surface area contributed by atoms with Gasteiger partial charge in [0.25, 0.3) is 10.9 Å². The molecule has 0 heterocycles. The Morgan fingerprint density at radius 1 is 0.537 bits per heavy atom. The third kappa shape index (κ3) is 25.6. The van der Waals surface area contributed by atoms with Crippen LogP contribution in [0.5, 0.6) is 0 Å². The van der Waals surface area contributed by atoms with Crippen LogP contribution in [-0.4, -0.2) is 62.8 Å². The van der Waals surface area contributed by atoms with Gasteiger partial charge in [-0.05, 0) is 90.3 Å².